The molecule has 0 spiro atoms. The van der Waals surface area contributed by atoms with Gasteiger partial charge in [0.05, 0.1) is 17.5 Å². The fourth-order valence-corrected chi connectivity index (χ4v) is 4.65. The summed E-state index contributed by atoms with van der Waals surface area (Å²) in [5.41, 5.74) is 1.06. The Morgan fingerprint density at radius 1 is 1.44 bits per heavy atom. The zero-order chi connectivity index (χ0) is 25.0. The molecule has 182 valence electrons. The summed E-state index contributed by atoms with van der Waals surface area (Å²) in [6.07, 6.45) is 6.52. The molecule has 1 aromatic carbocycles. The van der Waals surface area contributed by atoms with Crippen molar-refractivity contribution in [2.75, 3.05) is 13.1 Å². The number of carbonyl (C=O) groups is 3. The van der Waals surface area contributed by atoms with Crippen molar-refractivity contribution in [3.63, 3.8) is 0 Å². The van der Waals surface area contributed by atoms with Crippen LogP contribution in [0.1, 0.15) is 35.7 Å². The van der Waals surface area contributed by atoms with E-state index < -0.39 is 34.6 Å². The number of aliphatic hydroxyl groups excluding tert-OH is 1. The molecular formula is C25H30FN3O4S. The topological polar surface area (TPSA) is 98.7 Å². The first-order valence-electron chi connectivity index (χ1n) is 11.1. The highest BCUT2D eigenvalue weighted by Crippen LogP contribution is 2.36. The number of hydrogen-bond acceptors (Lipinski definition) is 5. The van der Waals surface area contributed by atoms with E-state index in [0.29, 0.717) is 6.42 Å². The summed E-state index contributed by atoms with van der Waals surface area (Å²) < 4.78 is 14.0. The van der Waals surface area contributed by atoms with E-state index in [1.165, 1.54) is 25.1 Å². The standard InChI is InChI=1S/C25H30FN3O4S/c1-4-11-29-21(30)14-27-24(33)22(31)20(13-16-7-5-8-17(12-16)25(29,3)34)28-23(32)18-9-6-10-19(26)15(18)2/h4-7,9-10,12,17,20,22,31,34H,1,8,11,13-14H2,2-3H3,(H,27,33)(H,28,32)/t17?,20-,22-,25-/m0/s1. The Hall–Kier alpha value is -2.91. The number of hydrogen-bond donors (Lipinski definition) is 4. The molecule has 4 atom stereocenters. The quantitative estimate of drug-likeness (QED) is 0.387. The second-order valence-corrected chi connectivity index (χ2v) is 9.64. The minimum absolute atomic E-state index is 0.114. The van der Waals surface area contributed by atoms with Crippen LogP contribution in [0.4, 0.5) is 4.39 Å². The minimum atomic E-state index is -1.63. The molecule has 2 bridgehead atoms. The number of benzene rings is 1. The number of halogens is 1. The average Bonchev–Trinajstić information content (AvgIpc) is 2.81. The van der Waals surface area contributed by atoms with Crippen molar-refractivity contribution < 1.29 is 23.9 Å². The Labute approximate surface area is 204 Å². The summed E-state index contributed by atoms with van der Waals surface area (Å²) in [4.78, 5) is 39.2. The van der Waals surface area contributed by atoms with Crippen molar-refractivity contribution in [2.24, 2.45) is 5.92 Å². The molecule has 1 aliphatic heterocycles. The first-order chi connectivity index (χ1) is 16.1. The number of nitrogens with one attached hydrogen (secondary N) is 2. The van der Waals surface area contributed by atoms with Gasteiger partial charge >= 0.3 is 0 Å². The molecule has 1 aliphatic carbocycles. The van der Waals surface area contributed by atoms with Gasteiger partial charge in [0, 0.05) is 18.0 Å². The van der Waals surface area contributed by atoms with E-state index in [1.807, 2.05) is 25.2 Å². The van der Waals surface area contributed by atoms with Crippen LogP contribution in [0.3, 0.4) is 0 Å². The number of thiol groups is 1. The Balaban J connectivity index is 1.96. The van der Waals surface area contributed by atoms with Crippen molar-refractivity contribution >= 4 is 30.4 Å². The molecule has 9 heteroatoms. The van der Waals surface area contributed by atoms with Crippen molar-refractivity contribution in [3.05, 3.63) is 71.6 Å². The van der Waals surface area contributed by atoms with Crippen LogP contribution in [0, 0.1) is 18.7 Å². The number of carbonyl (C=O) groups excluding carboxylic acids is 3. The van der Waals surface area contributed by atoms with E-state index in [4.69, 9.17) is 12.6 Å². The Morgan fingerprint density at radius 3 is 2.88 bits per heavy atom. The second kappa shape index (κ2) is 10.6. The number of aliphatic hydroxyl groups is 1. The molecule has 1 unspecified atom stereocenters. The van der Waals surface area contributed by atoms with E-state index in [9.17, 15) is 23.9 Å². The van der Waals surface area contributed by atoms with Gasteiger partial charge in [-0.15, -0.1) is 6.58 Å². The first-order valence-corrected chi connectivity index (χ1v) is 11.5. The number of nitrogens with zero attached hydrogens (tertiary/aromatic N) is 1. The minimum Gasteiger partial charge on any atom is -0.381 e. The number of fused-ring (bicyclic) bond motifs is 1. The monoisotopic (exact) mass is 487 g/mol. The predicted octanol–water partition coefficient (Wildman–Crippen LogP) is 2.28. The molecule has 1 aromatic rings. The van der Waals surface area contributed by atoms with Crippen LogP contribution in [-0.4, -0.2) is 57.8 Å². The smallest absolute Gasteiger partial charge is 0.251 e. The molecule has 2 aliphatic rings. The van der Waals surface area contributed by atoms with Gasteiger partial charge in [-0.05, 0) is 50.0 Å². The van der Waals surface area contributed by atoms with Crippen LogP contribution in [0.25, 0.3) is 0 Å². The number of allylic oxidation sites excluding steroid dienone is 2. The molecular weight excluding hydrogens is 457 g/mol. The molecule has 1 heterocycles. The van der Waals surface area contributed by atoms with Crippen LogP contribution < -0.4 is 10.6 Å². The van der Waals surface area contributed by atoms with Crippen molar-refractivity contribution in [1.29, 1.82) is 0 Å². The van der Waals surface area contributed by atoms with E-state index >= 15 is 0 Å². The van der Waals surface area contributed by atoms with Crippen LogP contribution in [-0.2, 0) is 9.59 Å². The van der Waals surface area contributed by atoms with Gasteiger partial charge in [-0.3, -0.25) is 14.4 Å². The maximum Gasteiger partial charge on any atom is 0.251 e. The molecule has 34 heavy (non-hydrogen) atoms. The summed E-state index contributed by atoms with van der Waals surface area (Å²) in [5, 5.41) is 15.9. The highest BCUT2D eigenvalue weighted by Gasteiger charge is 2.39. The largest absolute Gasteiger partial charge is 0.381 e. The summed E-state index contributed by atoms with van der Waals surface area (Å²) in [7, 11) is 0. The Morgan fingerprint density at radius 2 is 2.18 bits per heavy atom. The van der Waals surface area contributed by atoms with Crippen LogP contribution >= 0.6 is 12.6 Å². The Kier molecular flexibility index (Phi) is 7.99. The normalized spacial score (nSPS) is 27.7. The highest BCUT2D eigenvalue weighted by molar-refractivity contribution is 7.81. The molecule has 0 fully saturated rings. The lowest BCUT2D eigenvalue weighted by Gasteiger charge is -2.43. The molecule has 7 nitrogen and oxygen atoms in total. The van der Waals surface area contributed by atoms with Gasteiger partial charge in [-0.1, -0.05) is 30.4 Å². The van der Waals surface area contributed by atoms with Crippen LogP contribution in [0.15, 0.2) is 54.7 Å². The third-order valence-corrected chi connectivity index (χ3v) is 6.92. The lowest BCUT2D eigenvalue weighted by atomic mass is 9.86. The van der Waals surface area contributed by atoms with E-state index in [1.54, 1.807) is 11.0 Å². The maximum atomic E-state index is 14.0. The van der Waals surface area contributed by atoms with Crippen LogP contribution in [0.5, 0.6) is 0 Å². The van der Waals surface area contributed by atoms with Gasteiger partial charge in [0.25, 0.3) is 11.8 Å². The molecule has 3 amide bonds. The van der Waals surface area contributed by atoms with Gasteiger partial charge in [-0.25, -0.2) is 4.39 Å². The summed E-state index contributed by atoms with van der Waals surface area (Å²) in [6.45, 7) is 6.94. The molecule has 0 radical (unpaired) electrons. The fourth-order valence-electron chi connectivity index (χ4n) is 4.27. The summed E-state index contributed by atoms with van der Waals surface area (Å²) in [5.74, 6) is -2.47. The Bertz CT molecular complexity index is 1050. The van der Waals surface area contributed by atoms with Gasteiger partial charge in [-0.2, -0.15) is 12.6 Å². The van der Waals surface area contributed by atoms with E-state index in [2.05, 4.69) is 17.2 Å². The molecule has 3 rings (SSSR count). The number of amides is 3. The van der Waals surface area contributed by atoms with Crippen molar-refractivity contribution in [3.8, 4) is 0 Å². The van der Waals surface area contributed by atoms with Crippen molar-refractivity contribution in [2.45, 2.75) is 43.7 Å². The molecule has 0 aromatic heterocycles. The van der Waals surface area contributed by atoms with E-state index in [0.717, 1.165) is 5.57 Å². The van der Waals surface area contributed by atoms with Gasteiger partial charge < -0.3 is 20.6 Å². The predicted molar refractivity (Wildman–Crippen MR) is 131 cm³/mol. The highest BCUT2D eigenvalue weighted by atomic mass is 32.1. The summed E-state index contributed by atoms with van der Waals surface area (Å²) >= 11 is 4.82. The molecule has 3 N–H and O–H groups in total. The van der Waals surface area contributed by atoms with Gasteiger partial charge in [0.15, 0.2) is 6.10 Å². The zero-order valence-electron chi connectivity index (χ0n) is 19.3. The van der Waals surface area contributed by atoms with Crippen molar-refractivity contribution in [1.82, 2.24) is 15.5 Å². The summed E-state index contributed by atoms with van der Waals surface area (Å²) in [6, 6.07) is 3.15. The average molecular weight is 488 g/mol. The maximum absolute atomic E-state index is 14.0. The second-order valence-electron chi connectivity index (χ2n) is 8.73. The van der Waals surface area contributed by atoms with Gasteiger partial charge in [0.2, 0.25) is 5.91 Å². The SMILES string of the molecule is C=CCN1C(=O)CNC(=O)[C@@H](O)[C@@H](NC(=O)c2cccc(F)c2C)CC2=CC(CC=C2)[C@]1(C)S. The first kappa shape index (κ1) is 25.7. The molecule has 0 saturated heterocycles. The molecule has 0 saturated carbocycles. The van der Waals surface area contributed by atoms with E-state index in [-0.39, 0.29) is 42.5 Å². The lowest BCUT2D eigenvalue weighted by Crippen LogP contribution is -2.56. The third-order valence-electron chi connectivity index (χ3n) is 6.35. The zero-order valence-corrected chi connectivity index (χ0v) is 20.1. The number of rotatable bonds is 4. The van der Waals surface area contributed by atoms with Crippen LogP contribution in [0.2, 0.25) is 0 Å². The van der Waals surface area contributed by atoms with Gasteiger partial charge in [0.1, 0.15) is 5.82 Å². The fraction of sp³-hybridized carbons (Fsp3) is 0.400. The third kappa shape index (κ3) is 5.42. The lowest BCUT2D eigenvalue weighted by molar-refractivity contribution is -0.138.